The average Bonchev–Trinajstić information content (AvgIpc) is 2.80. The largest absolute Gasteiger partial charge is 0.492 e. The van der Waals surface area contributed by atoms with Crippen LogP contribution < -0.4 is 10.5 Å². The minimum atomic E-state index is -0.624. The quantitative estimate of drug-likeness (QED) is 0.868. The van der Waals surface area contributed by atoms with Crippen molar-refractivity contribution in [1.29, 1.82) is 0 Å². The van der Waals surface area contributed by atoms with Gasteiger partial charge in [-0.25, -0.2) is 0 Å². The van der Waals surface area contributed by atoms with Crippen LogP contribution in [0.3, 0.4) is 0 Å². The lowest BCUT2D eigenvalue weighted by molar-refractivity contribution is -0.140. The maximum absolute atomic E-state index is 12.4. The summed E-state index contributed by atoms with van der Waals surface area (Å²) >= 11 is 0. The molecule has 0 radical (unpaired) electrons. The molecule has 0 saturated carbocycles. The van der Waals surface area contributed by atoms with Crippen molar-refractivity contribution < 1.29 is 14.3 Å². The van der Waals surface area contributed by atoms with Crippen molar-refractivity contribution in [2.75, 3.05) is 33.4 Å². The highest BCUT2D eigenvalue weighted by atomic mass is 16.5. The normalized spacial score (nSPS) is 25.4. The van der Waals surface area contributed by atoms with Gasteiger partial charge in [0.25, 0.3) is 0 Å². The molecule has 0 aliphatic carbocycles. The van der Waals surface area contributed by atoms with Crippen LogP contribution in [0.5, 0.6) is 5.75 Å². The Hall–Kier alpha value is -1.59. The van der Waals surface area contributed by atoms with Crippen molar-refractivity contribution in [1.82, 2.24) is 4.90 Å². The van der Waals surface area contributed by atoms with Gasteiger partial charge >= 0.3 is 0 Å². The zero-order valence-electron chi connectivity index (χ0n) is 12.0. The molecule has 0 bridgehead atoms. The molecule has 0 spiro atoms. The van der Waals surface area contributed by atoms with E-state index in [4.69, 9.17) is 15.2 Å². The fraction of sp³-hybridized carbons (Fsp3) is 0.533. The van der Waals surface area contributed by atoms with Crippen LogP contribution in [0.15, 0.2) is 30.3 Å². The van der Waals surface area contributed by atoms with E-state index in [-0.39, 0.29) is 11.9 Å². The highest BCUT2D eigenvalue weighted by Crippen LogP contribution is 2.29. The smallest absolute Gasteiger partial charge is 0.232 e. The molecule has 1 aromatic rings. The Kier molecular flexibility index (Phi) is 4.62. The number of benzene rings is 1. The molecular weight excluding hydrogens is 256 g/mol. The molecule has 110 valence electrons. The summed E-state index contributed by atoms with van der Waals surface area (Å²) < 4.78 is 10.9. The van der Waals surface area contributed by atoms with Gasteiger partial charge in [0.05, 0.1) is 25.2 Å². The zero-order valence-corrected chi connectivity index (χ0v) is 12.0. The minimum Gasteiger partial charge on any atom is -0.492 e. The standard InChI is InChI=1S/C15H22N2O3/c1-15(11-19-10-13(15)16)14(18)17(2)8-9-20-12-6-4-3-5-7-12/h3-7,13H,8-11,16H2,1-2H3. The van der Waals surface area contributed by atoms with Crippen molar-refractivity contribution >= 4 is 5.91 Å². The Balaban J connectivity index is 1.83. The third kappa shape index (κ3) is 3.11. The Bertz CT molecular complexity index is 452. The summed E-state index contributed by atoms with van der Waals surface area (Å²) in [6.07, 6.45) is 0. The molecule has 2 rings (SSSR count). The van der Waals surface area contributed by atoms with Gasteiger partial charge in [0, 0.05) is 13.1 Å². The molecule has 1 heterocycles. The first-order valence-electron chi connectivity index (χ1n) is 6.81. The molecule has 0 aromatic heterocycles. The van der Waals surface area contributed by atoms with Gasteiger partial charge in [-0.2, -0.15) is 0 Å². The van der Waals surface area contributed by atoms with E-state index in [0.29, 0.717) is 26.4 Å². The van der Waals surface area contributed by atoms with Gasteiger partial charge in [0.2, 0.25) is 5.91 Å². The van der Waals surface area contributed by atoms with Crippen molar-refractivity contribution in [3.8, 4) is 5.75 Å². The lowest BCUT2D eigenvalue weighted by Crippen LogP contribution is -2.51. The summed E-state index contributed by atoms with van der Waals surface area (Å²) in [5, 5.41) is 0. The lowest BCUT2D eigenvalue weighted by Gasteiger charge is -2.30. The number of hydrogen-bond acceptors (Lipinski definition) is 4. The van der Waals surface area contributed by atoms with Crippen LogP contribution in [0.25, 0.3) is 0 Å². The Labute approximate surface area is 119 Å². The SMILES string of the molecule is CN(CCOc1ccccc1)C(=O)C1(C)COCC1N. The topological polar surface area (TPSA) is 64.8 Å². The van der Waals surface area contributed by atoms with Crippen molar-refractivity contribution in [3.63, 3.8) is 0 Å². The third-order valence-electron chi connectivity index (χ3n) is 3.79. The number of nitrogens with two attached hydrogens (primary N) is 1. The van der Waals surface area contributed by atoms with Crippen LogP contribution in [0, 0.1) is 5.41 Å². The van der Waals surface area contributed by atoms with E-state index in [1.807, 2.05) is 37.3 Å². The van der Waals surface area contributed by atoms with E-state index in [0.717, 1.165) is 5.75 Å². The van der Waals surface area contributed by atoms with E-state index in [1.54, 1.807) is 11.9 Å². The summed E-state index contributed by atoms with van der Waals surface area (Å²) in [4.78, 5) is 14.1. The van der Waals surface area contributed by atoms with E-state index in [1.165, 1.54) is 0 Å². The lowest BCUT2D eigenvalue weighted by atomic mass is 9.84. The zero-order chi connectivity index (χ0) is 14.6. The fourth-order valence-corrected chi connectivity index (χ4v) is 2.26. The van der Waals surface area contributed by atoms with Crippen LogP contribution in [0.4, 0.5) is 0 Å². The molecule has 20 heavy (non-hydrogen) atoms. The number of carbonyl (C=O) groups excluding carboxylic acids is 1. The Morgan fingerprint density at radius 3 is 2.80 bits per heavy atom. The number of hydrogen-bond donors (Lipinski definition) is 1. The summed E-state index contributed by atoms with van der Waals surface area (Å²) in [6, 6.07) is 9.31. The number of para-hydroxylation sites is 1. The van der Waals surface area contributed by atoms with Gasteiger partial charge < -0.3 is 20.1 Å². The summed E-state index contributed by atoms with van der Waals surface area (Å²) in [6.45, 7) is 3.67. The number of amides is 1. The van der Waals surface area contributed by atoms with Gasteiger partial charge in [-0.1, -0.05) is 18.2 Å². The highest BCUT2D eigenvalue weighted by Gasteiger charge is 2.45. The summed E-state index contributed by atoms with van der Waals surface area (Å²) in [5.74, 6) is 0.819. The van der Waals surface area contributed by atoms with Gasteiger partial charge in [-0.3, -0.25) is 4.79 Å². The third-order valence-corrected chi connectivity index (χ3v) is 3.79. The van der Waals surface area contributed by atoms with E-state index < -0.39 is 5.41 Å². The molecule has 2 N–H and O–H groups in total. The van der Waals surface area contributed by atoms with Crippen LogP contribution in [-0.2, 0) is 9.53 Å². The first-order valence-corrected chi connectivity index (χ1v) is 6.81. The number of nitrogens with zero attached hydrogens (tertiary/aromatic N) is 1. The molecule has 2 unspecified atom stereocenters. The molecule has 5 heteroatoms. The molecule has 1 amide bonds. The molecule has 1 saturated heterocycles. The fourth-order valence-electron chi connectivity index (χ4n) is 2.26. The second kappa shape index (κ2) is 6.24. The average molecular weight is 278 g/mol. The second-order valence-corrected chi connectivity index (χ2v) is 5.43. The maximum Gasteiger partial charge on any atom is 0.232 e. The van der Waals surface area contributed by atoms with Gasteiger partial charge in [0.1, 0.15) is 12.4 Å². The van der Waals surface area contributed by atoms with Crippen molar-refractivity contribution in [3.05, 3.63) is 30.3 Å². The predicted octanol–water partition coefficient (Wildman–Crippen LogP) is 0.888. The van der Waals surface area contributed by atoms with Crippen molar-refractivity contribution in [2.24, 2.45) is 11.1 Å². The van der Waals surface area contributed by atoms with Gasteiger partial charge in [0.15, 0.2) is 0 Å². The molecule has 1 fully saturated rings. The Morgan fingerprint density at radius 1 is 1.50 bits per heavy atom. The van der Waals surface area contributed by atoms with E-state index in [9.17, 15) is 4.79 Å². The maximum atomic E-state index is 12.4. The Morgan fingerprint density at radius 2 is 2.20 bits per heavy atom. The summed E-state index contributed by atoms with van der Waals surface area (Å²) in [5.41, 5.74) is 5.34. The molecule has 1 aromatic carbocycles. The van der Waals surface area contributed by atoms with Crippen LogP contribution >= 0.6 is 0 Å². The minimum absolute atomic E-state index is 0.0131. The van der Waals surface area contributed by atoms with Crippen LogP contribution in [0.2, 0.25) is 0 Å². The van der Waals surface area contributed by atoms with E-state index >= 15 is 0 Å². The first-order chi connectivity index (χ1) is 9.54. The predicted molar refractivity (Wildman–Crippen MR) is 76.5 cm³/mol. The number of likely N-dealkylation sites (N-methyl/N-ethyl adjacent to an activating group) is 1. The molecule has 5 nitrogen and oxygen atoms in total. The molecular formula is C15H22N2O3. The number of ether oxygens (including phenoxy) is 2. The van der Waals surface area contributed by atoms with Gasteiger partial charge in [-0.15, -0.1) is 0 Å². The first kappa shape index (κ1) is 14.8. The number of rotatable bonds is 5. The highest BCUT2D eigenvalue weighted by molar-refractivity contribution is 5.83. The summed E-state index contributed by atoms with van der Waals surface area (Å²) in [7, 11) is 1.77. The second-order valence-electron chi connectivity index (χ2n) is 5.43. The molecule has 1 aliphatic rings. The van der Waals surface area contributed by atoms with Gasteiger partial charge in [-0.05, 0) is 19.1 Å². The molecule has 1 aliphatic heterocycles. The number of carbonyl (C=O) groups is 1. The van der Waals surface area contributed by atoms with Crippen molar-refractivity contribution in [2.45, 2.75) is 13.0 Å². The molecule has 2 atom stereocenters. The van der Waals surface area contributed by atoms with E-state index in [2.05, 4.69) is 0 Å². The van der Waals surface area contributed by atoms with Crippen LogP contribution in [-0.4, -0.2) is 50.3 Å². The van der Waals surface area contributed by atoms with Crippen LogP contribution in [0.1, 0.15) is 6.92 Å². The monoisotopic (exact) mass is 278 g/mol.